The SMILES string of the molecule is CC1(C(=O)NCc2c(F)cccc2F)CCc2c(c3ccccc3n2CC(=O)O)C1. The topological polar surface area (TPSA) is 71.3 Å². The summed E-state index contributed by atoms with van der Waals surface area (Å²) in [6.07, 6.45) is 1.50. The second kappa shape index (κ2) is 7.55. The number of aromatic nitrogens is 1. The van der Waals surface area contributed by atoms with Crippen molar-refractivity contribution in [3.8, 4) is 0 Å². The molecule has 5 nitrogen and oxygen atoms in total. The van der Waals surface area contributed by atoms with Gasteiger partial charge in [0, 0.05) is 28.7 Å². The van der Waals surface area contributed by atoms with Crippen LogP contribution in [0.4, 0.5) is 8.78 Å². The number of para-hydroxylation sites is 1. The van der Waals surface area contributed by atoms with Crippen LogP contribution in [-0.2, 0) is 35.5 Å². The zero-order valence-electron chi connectivity index (χ0n) is 16.5. The lowest BCUT2D eigenvalue weighted by atomic mass is 9.73. The van der Waals surface area contributed by atoms with E-state index >= 15 is 0 Å². The van der Waals surface area contributed by atoms with E-state index < -0.39 is 23.0 Å². The van der Waals surface area contributed by atoms with Crippen molar-refractivity contribution < 1.29 is 23.5 Å². The molecule has 4 rings (SSSR count). The van der Waals surface area contributed by atoms with Crippen LogP contribution in [0.3, 0.4) is 0 Å². The number of aliphatic carboxylic acids is 1. The molecule has 156 valence electrons. The number of rotatable bonds is 5. The van der Waals surface area contributed by atoms with Gasteiger partial charge >= 0.3 is 5.97 Å². The number of amides is 1. The first-order chi connectivity index (χ1) is 14.3. The molecule has 2 N–H and O–H groups in total. The molecule has 0 saturated carbocycles. The van der Waals surface area contributed by atoms with E-state index in [1.54, 1.807) is 4.57 Å². The quantitative estimate of drug-likeness (QED) is 0.669. The van der Waals surface area contributed by atoms with Gasteiger partial charge < -0.3 is 15.0 Å². The number of fused-ring (bicyclic) bond motifs is 3. The second-order valence-electron chi connectivity index (χ2n) is 8.04. The third-order valence-corrected chi connectivity index (χ3v) is 6.00. The molecular formula is C23H22F2N2O3. The van der Waals surface area contributed by atoms with Crippen molar-refractivity contribution in [3.63, 3.8) is 0 Å². The summed E-state index contributed by atoms with van der Waals surface area (Å²) >= 11 is 0. The molecule has 7 heteroatoms. The van der Waals surface area contributed by atoms with E-state index in [0.717, 1.165) is 34.3 Å². The van der Waals surface area contributed by atoms with Crippen molar-refractivity contribution in [2.24, 2.45) is 5.41 Å². The van der Waals surface area contributed by atoms with Crippen LogP contribution in [0.25, 0.3) is 10.9 Å². The Hall–Kier alpha value is -3.22. The molecule has 1 atom stereocenters. The first-order valence-corrected chi connectivity index (χ1v) is 9.82. The van der Waals surface area contributed by atoms with Crippen LogP contribution >= 0.6 is 0 Å². The monoisotopic (exact) mass is 412 g/mol. The van der Waals surface area contributed by atoms with Gasteiger partial charge in [-0.3, -0.25) is 9.59 Å². The number of carbonyl (C=O) groups is 2. The van der Waals surface area contributed by atoms with Crippen molar-refractivity contribution >= 4 is 22.8 Å². The number of hydrogen-bond donors (Lipinski definition) is 2. The minimum atomic E-state index is -0.920. The Balaban J connectivity index is 1.61. The smallest absolute Gasteiger partial charge is 0.323 e. The van der Waals surface area contributed by atoms with Gasteiger partial charge in [-0.25, -0.2) is 8.78 Å². The lowest BCUT2D eigenvalue weighted by Crippen LogP contribution is -2.42. The van der Waals surface area contributed by atoms with E-state index in [1.165, 1.54) is 6.07 Å². The summed E-state index contributed by atoms with van der Waals surface area (Å²) in [4.78, 5) is 24.3. The normalized spacial score (nSPS) is 18.2. The van der Waals surface area contributed by atoms with Crippen molar-refractivity contribution in [2.75, 3.05) is 0 Å². The predicted octanol–water partition coefficient (Wildman–Crippen LogP) is 3.82. The Morgan fingerprint density at radius 3 is 2.53 bits per heavy atom. The van der Waals surface area contributed by atoms with Crippen LogP contribution in [0.2, 0.25) is 0 Å². The number of hydrogen-bond acceptors (Lipinski definition) is 2. The molecule has 0 radical (unpaired) electrons. The third kappa shape index (κ3) is 3.44. The molecule has 1 aliphatic rings. The largest absolute Gasteiger partial charge is 0.480 e. The Bertz CT molecular complexity index is 1130. The number of nitrogens with zero attached hydrogens (tertiary/aromatic N) is 1. The Morgan fingerprint density at radius 1 is 1.13 bits per heavy atom. The van der Waals surface area contributed by atoms with Gasteiger partial charge in [0.25, 0.3) is 0 Å². The van der Waals surface area contributed by atoms with Crippen molar-refractivity contribution in [3.05, 3.63) is 70.9 Å². The van der Waals surface area contributed by atoms with Gasteiger partial charge in [0.05, 0.1) is 5.41 Å². The molecule has 1 amide bonds. The first-order valence-electron chi connectivity index (χ1n) is 9.82. The summed E-state index contributed by atoms with van der Waals surface area (Å²) in [7, 11) is 0. The van der Waals surface area contributed by atoms with Gasteiger partial charge in [-0.15, -0.1) is 0 Å². The Kier molecular flexibility index (Phi) is 5.05. The minimum absolute atomic E-state index is 0.134. The average molecular weight is 412 g/mol. The molecule has 0 saturated heterocycles. The second-order valence-corrected chi connectivity index (χ2v) is 8.04. The molecule has 0 aliphatic heterocycles. The van der Waals surface area contributed by atoms with Gasteiger partial charge in [-0.05, 0) is 43.0 Å². The molecule has 1 heterocycles. The van der Waals surface area contributed by atoms with E-state index in [-0.39, 0.29) is 24.6 Å². The van der Waals surface area contributed by atoms with Gasteiger partial charge in [0.15, 0.2) is 0 Å². The molecule has 0 spiro atoms. The summed E-state index contributed by atoms with van der Waals surface area (Å²) in [5.74, 6) is -2.58. The summed E-state index contributed by atoms with van der Waals surface area (Å²) in [6, 6.07) is 11.2. The van der Waals surface area contributed by atoms with Crippen molar-refractivity contribution in [1.82, 2.24) is 9.88 Å². The summed E-state index contributed by atoms with van der Waals surface area (Å²) < 4.78 is 29.6. The predicted molar refractivity (Wildman–Crippen MR) is 108 cm³/mol. The summed E-state index contributed by atoms with van der Waals surface area (Å²) in [5.41, 5.74) is 1.82. The minimum Gasteiger partial charge on any atom is -0.480 e. The van der Waals surface area contributed by atoms with Crippen LogP contribution in [-0.4, -0.2) is 21.6 Å². The van der Waals surface area contributed by atoms with E-state index in [9.17, 15) is 23.5 Å². The highest BCUT2D eigenvalue weighted by atomic mass is 19.1. The molecule has 0 fully saturated rings. The molecule has 1 aromatic heterocycles. The van der Waals surface area contributed by atoms with Gasteiger partial charge in [0.1, 0.15) is 18.2 Å². The lowest BCUT2D eigenvalue weighted by Gasteiger charge is -2.33. The highest BCUT2D eigenvalue weighted by Crippen LogP contribution is 2.40. The van der Waals surface area contributed by atoms with Gasteiger partial charge in [-0.2, -0.15) is 0 Å². The summed E-state index contributed by atoms with van der Waals surface area (Å²) in [6.45, 7) is 1.48. The zero-order valence-corrected chi connectivity index (χ0v) is 16.5. The molecule has 30 heavy (non-hydrogen) atoms. The maximum absolute atomic E-state index is 13.9. The fourth-order valence-electron chi connectivity index (χ4n) is 4.38. The standard InChI is InChI=1S/C23H22F2N2O3/c1-23(22(30)26-12-16-17(24)6-4-7-18(16)25)10-9-20-15(11-23)14-5-2-3-8-19(14)27(20)13-21(28)29/h2-8H,9-13H2,1H3,(H,26,30)(H,28,29). The highest BCUT2D eigenvalue weighted by Gasteiger charge is 2.39. The number of carbonyl (C=O) groups excluding carboxylic acids is 1. The Labute approximate surface area is 172 Å². The number of benzene rings is 2. The van der Waals surface area contributed by atoms with Crippen LogP contribution < -0.4 is 5.32 Å². The molecular weight excluding hydrogens is 390 g/mol. The van der Waals surface area contributed by atoms with E-state index in [0.29, 0.717) is 19.3 Å². The number of carboxylic acid groups (broad SMARTS) is 1. The van der Waals surface area contributed by atoms with Crippen LogP contribution in [0, 0.1) is 17.0 Å². The molecule has 2 aromatic carbocycles. The molecule has 1 aliphatic carbocycles. The molecule has 3 aromatic rings. The number of halogens is 2. The first kappa shape index (κ1) is 20.1. The average Bonchev–Trinajstić information content (AvgIpc) is 3.00. The van der Waals surface area contributed by atoms with Crippen LogP contribution in [0.5, 0.6) is 0 Å². The number of carboxylic acids is 1. The van der Waals surface area contributed by atoms with Crippen LogP contribution in [0.15, 0.2) is 42.5 Å². The Morgan fingerprint density at radius 2 is 1.83 bits per heavy atom. The highest BCUT2D eigenvalue weighted by molar-refractivity contribution is 5.89. The lowest BCUT2D eigenvalue weighted by molar-refractivity contribution is -0.137. The van der Waals surface area contributed by atoms with E-state index in [2.05, 4.69) is 5.32 Å². The summed E-state index contributed by atoms with van der Waals surface area (Å²) in [5, 5.41) is 12.9. The number of nitrogens with one attached hydrogen (secondary N) is 1. The molecule has 0 bridgehead atoms. The third-order valence-electron chi connectivity index (χ3n) is 6.00. The van der Waals surface area contributed by atoms with E-state index in [1.807, 2.05) is 31.2 Å². The van der Waals surface area contributed by atoms with Gasteiger partial charge in [0.2, 0.25) is 5.91 Å². The van der Waals surface area contributed by atoms with Gasteiger partial charge in [-0.1, -0.05) is 31.2 Å². The fourth-order valence-corrected chi connectivity index (χ4v) is 4.38. The van der Waals surface area contributed by atoms with Crippen molar-refractivity contribution in [1.29, 1.82) is 0 Å². The fraction of sp³-hybridized carbons (Fsp3) is 0.304. The van der Waals surface area contributed by atoms with Crippen molar-refractivity contribution in [2.45, 2.75) is 39.3 Å². The maximum Gasteiger partial charge on any atom is 0.323 e. The van der Waals surface area contributed by atoms with E-state index in [4.69, 9.17) is 0 Å². The zero-order chi connectivity index (χ0) is 21.5. The maximum atomic E-state index is 13.9. The van der Waals surface area contributed by atoms with Crippen LogP contribution in [0.1, 0.15) is 30.2 Å². The molecule has 1 unspecified atom stereocenters.